The lowest BCUT2D eigenvalue weighted by Gasteiger charge is -2.07. The maximum Gasteiger partial charge on any atom is 0.243 e. The third-order valence-corrected chi connectivity index (χ3v) is 2.63. The Kier molecular flexibility index (Phi) is 2.83. The summed E-state index contributed by atoms with van der Waals surface area (Å²) in [5.74, 6) is -0.126. The van der Waals surface area contributed by atoms with Crippen molar-refractivity contribution in [3.05, 3.63) is 47.5 Å². The van der Waals surface area contributed by atoms with Gasteiger partial charge in [0.15, 0.2) is 0 Å². The van der Waals surface area contributed by atoms with E-state index in [0.29, 0.717) is 6.54 Å². The Labute approximate surface area is 89.2 Å². The summed E-state index contributed by atoms with van der Waals surface area (Å²) in [4.78, 5) is 11.0. The van der Waals surface area contributed by atoms with E-state index in [1.165, 1.54) is 22.8 Å². The van der Waals surface area contributed by atoms with Gasteiger partial charge in [-0.25, -0.2) is 0 Å². The van der Waals surface area contributed by atoms with Crippen LogP contribution in [0.3, 0.4) is 0 Å². The molecular weight excluding hydrogens is 188 g/mol. The van der Waals surface area contributed by atoms with Crippen LogP contribution in [0.25, 0.3) is 0 Å². The summed E-state index contributed by atoms with van der Waals surface area (Å²) in [6.07, 6.45) is 1.29. The molecule has 15 heavy (non-hydrogen) atoms. The number of amides is 1. The number of hydrogen-bond acceptors (Lipinski definition) is 2. The molecule has 1 aromatic rings. The maximum absolute atomic E-state index is 11.0. The Balaban J connectivity index is 2.12. The molecule has 0 saturated carbocycles. The standard InChI is InChI=1S/C12H14N2O/c1-2-12(15)14-7-10-5-3-4-9-6-13-8-11(9)10/h2-5,13H,1,6-8H2,(H,14,15). The maximum atomic E-state index is 11.0. The lowest BCUT2D eigenvalue weighted by Crippen LogP contribution is -2.20. The van der Waals surface area contributed by atoms with E-state index in [-0.39, 0.29) is 5.91 Å². The monoisotopic (exact) mass is 202 g/mol. The van der Waals surface area contributed by atoms with E-state index in [9.17, 15) is 4.79 Å². The molecule has 3 heteroatoms. The van der Waals surface area contributed by atoms with Crippen LogP contribution >= 0.6 is 0 Å². The second-order valence-electron chi connectivity index (χ2n) is 3.58. The second-order valence-corrected chi connectivity index (χ2v) is 3.58. The highest BCUT2D eigenvalue weighted by Crippen LogP contribution is 2.19. The summed E-state index contributed by atoms with van der Waals surface area (Å²) in [6, 6.07) is 6.20. The Hall–Kier alpha value is -1.61. The van der Waals surface area contributed by atoms with Crippen molar-refractivity contribution in [3.8, 4) is 0 Å². The Bertz CT molecular complexity index is 399. The van der Waals surface area contributed by atoms with Gasteiger partial charge in [-0.15, -0.1) is 0 Å². The van der Waals surface area contributed by atoms with Gasteiger partial charge in [-0.1, -0.05) is 24.8 Å². The molecule has 0 aliphatic carbocycles. The van der Waals surface area contributed by atoms with Crippen LogP contribution in [0.4, 0.5) is 0 Å². The van der Waals surface area contributed by atoms with E-state index in [1.54, 1.807) is 0 Å². The van der Waals surface area contributed by atoms with E-state index in [1.807, 2.05) is 6.07 Å². The quantitative estimate of drug-likeness (QED) is 0.720. The van der Waals surface area contributed by atoms with Gasteiger partial charge in [0.1, 0.15) is 0 Å². The lowest BCUT2D eigenvalue weighted by molar-refractivity contribution is -0.116. The van der Waals surface area contributed by atoms with Gasteiger partial charge in [0.2, 0.25) is 5.91 Å². The first-order valence-electron chi connectivity index (χ1n) is 5.02. The van der Waals surface area contributed by atoms with E-state index < -0.39 is 0 Å². The molecule has 0 fully saturated rings. The van der Waals surface area contributed by atoms with Crippen molar-refractivity contribution < 1.29 is 4.79 Å². The fraction of sp³-hybridized carbons (Fsp3) is 0.250. The minimum Gasteiger partial charge on any atom is -0.348 e. The van der Waals surface area contributed by atoms with Crippen molar-refractivity contribution in [2.75, 3.05) is 0 Å². The summed E-state index contributed by atoms with van der Waals surface area (Å²) in [5.41, 5.74) is 3.84. The smallest absolute Gasteiger partial charge is 0.243 e. The Morgan fingerprint density at radius 1 is 1.53 bits per heavy atom. The van der Waals surface area contributed by atoms with E-state index in [2.05, 4.69) is 29.3 Å². The number of carbonyl (C=O) groups excluding carboxylic acids is 1. The fourth-order valence-electron chi connectivity index (χ4n) is 1.82. The van der Waals surface area contributed by atoms with Crippen molar-refractivity contribution in [1.82, 2.24) is 10.6 Å². The molecule has 78 valence electrons. The zero-order chi connectivity index (χ0) is 10.7. The molecule has 3 nitrogen and oxygen atoms in total. The molecule has 2 N–H and O–H groups in total. The highest BCUT2D eigenvalue weighted by molar-refractivity contribution is 5.86. The van der Waals surface area contributed by atoms with Crippen molar-refractivity contribution in [2.45, 2.75) is 19.6 Å². The van der Waals surface area contributed by atoms with Gasteiger partial charge in [-0.05, 0) is 22.8 Å². The van der Waals surface area contributed by atoms with Crippen molar-refractivity contribution >= 4 is 5.91 Å². The van der Waals surface area contributed by atoms with Gasteiger partial charge < -0.3 is 10.6 Å². The number of fused-ring (bicyclic) bond motifs is 1. The second kappa shape index (κ2) is 4.28. The average Bonchev–Trinajstić information content (AvgIpc) is 2.74. The molecular formula is C12H14N2O. The predicted molar refractivity (Wildman–Crippen MR) is 59.0 cm³/mol. The highest BCUT2D eigenvalue weighted by atomic mass is 16.1. The van der Waals surface area contributed by atoms with Crippen LogP contribution in [0, 0.1) is 0 Å². The van der Waals surface area contributed by atoms with Crippen LogP contribution in [0.15, 0.2) is 30.9 Å². The zero-order valence-electron chi connectivity index (χ0n) is 8.55. The van der Waals surface area contributed by atoms with Gasteiger partial charge in [0.05, 0.1) is 0 Å². The minimum absolute atomic E-state index is 0.126. The van der Waals surface area contributed by atoms with Gasteiger partial charge in [0.25, 0.3) is 0 Å². The molecule has 1 aliphatic rings. The predicted octanol–water partition coefficient (Wildman–Crippen LogP) is 1.09. The first kappa shape index (κ1) is 9.93. The van der Waals surface area contributed by atoms with Crippen LogP contribution in [0.1, 0.15) is 16.7 Å². The SMILES string of the molecule is C=CC(=O)NCc1cccc2c1CNC2. The molecule has 1 aromatic carbocycles. The molecule has 0 aromatic heterocycles. The molecule has 0 atom stereocenters. The van der Waals surface area contributed by atoms with Crippen LogP contribution in [0.2, 0.25) is 0 Å². The molecule has 0 radical (unpaired) electrons. The topological polar surface area (TPSA) is 41.1 Å². The summed E-state index contributed by atoms with van der Waals surface area (Å²) in [7, 11) is 0. The van der Waals surface area contributed by atoms with Crippen LogP contribution in [-0.2, 0) is 24.4 Å². The molecule has 1 heterocycles. The van der Waals surface area contributed by atoms with Gasteiger partial charge >= 0.3 is 0 Å². The number of rotatable bonds is 3. The average molecular weight is 202 g/mol. The van der Waals surface area contributed by atoms with Gasteiger partial charge in [-0.2, -0.15) is 0 Å². The van der Waals surface area contributed by atoms with E-state index in [0.717, 1.165) is 13.1 Å². The largest absolute Gasteiger partial charge is 0.348 e. The Morgan fingerprint density at radius 2 is 2.40 bits per heavy atom. The molecule has 0 spiro atoms. The molecule has 0 bridgehead atoms. The number of benzene rings is 1. The minimum atomic E-state index is -0.126. The molecule has 1 aliphatic heterocycles. The summed E-state index contributed by atoms with van der Waals surface area (Å²) in [5, 5.41) is 6.09. The van der Waals surface area contributed by atoms with Crippen molar-refractivity contribution in [3.63, 3.8) is 0 Å². The number of nitrogens with one attached hydrogen (secondary N) is 2. The molecule has 1 amide bonds. The normalized spacial score (nSPS) is 13.3. The third-order valence-electron chi connectivity index (χ3n) is 2.63. The summed E-state index contributed by atoms with van der Waals surface area (Å²) in [6.45, 7) is 5.83. The summed E-state index contributed by atoms with van der Waals surface area (Å²) >= 11 is 0. The molecule has 0 saturated heterocycles. The highest BCUT2D eigenvalue weighted by Gasteiger charge is 2.13. The van der Waals surface area contributed by atoms with E-state index >= 15 is 0 Å². The lowest BCUT2D eigenvalue weighted by atomic mass is 10.0. The number of hydrogen-bond donors (Lipinski definition) is 2. The van der Waals surface area contributed by atoms with Crippen LogP contribution < -0.4 is 10.6 Å². The van der Waals surface area contributed by atoms with E-state index in [4.69, 9.17) is 0 Å². The van der Waals surface area contributed by atoms with Crippen LogP contribution in [-0.4, -0.2) is 5.91 Å². The van der Waals surface area contributed by atoms with Gasteiger partial charge in [0, 0.05) is 19.6 Å². The number of carbonyl (C=O) groups is 1. The Morgan fingerprint density at radius 3 is 3.20 bits per heavy atom. The molecule has 0 unspecified atom stereocenters. The third kappa shape index (κ3) is 2.07. The molecule has 2 rings (SSSR count). The van der Waals surface area contributed by atoms with Crippen LogP contribution in [0.5, 0.6) is 0 Å². The first-order chi connectivity index (χ1) is 7.31. The van der Waals surface area contributed by atoms with Crippen molar-refractivity contribution in [1.29, 1.82) is 0 Å². The zero-order valence-corrected chi connectivity index (χ0v) is 8.55. The summed E-state index contributed by atoms with van der Waals surface area (Å²) < 4.78 is 0. The van der Waals surface area contributed by atoms with Gasteiger partial charge in [-0.3, -0.25) is 4.79 Å². The van der Waals surface area contributed by atoms with Crippen molar-refractivity contribution in [2.24, 2.45) is 0 Å². The fourth-order valence-corrected chi connectivity index (χ4v) is 1.82. The first-order valence-corrected chi connectivity index (χ1v) is 5.02.